The van der Waals surface area contributed by atoms with E-state index in [1.807, 2.05) is 6.92 Å². The summed E-state index contributed by atoms with van der Waals surface area (Å²) in [6.45, 7) is 8.26. The topological polar surface area (TPSA) is 71.3 Å². The molecule has 2 atom stereocenters. The van der Waals surface area contributed by atoms with Gasteiger partial charge in [-0.3, -0.25) is 9.69 Å². The predicted molar refractivity (Wildman–Crippen MR) is 130 cm³/mol. The van der Waals surface area contributed by atoms with Crippen LogP contribution in [0, 0.1) is 19.8 Å². The smallest absolute Gasteiger partial charge is 0.241 e. The van der Waals surface area contributed by atoms with Crippen LogP contribution < -0.4 is 5.32 Å². The third-order valence-corrected chi connectivity index (χ3v) is 6.81. The second kappa shape index (κ2) is 10.2. The van der Waals surface area contributed by atoms with Crippen molar-refractivity contribution in [1.29, 1.82) is 0 Å². The van der Waals surface area contributed by atoms with Crippen molar-refractivity contribution < 1.29 is 9.32 Å². The van der Waals surface area contributed by atoms with E-state index < -0.39 is 0 Å². The van der Waals surface area contributed by atoms with Crippen molar-refractivity contribution in [2.75, 3.05) is 13.1 Å². The normalized spacial score (nSPS) is 17.7. The van der Waals surface area contributed by atoms with Crippen LogP contribution in [-0.2, 0) is 11.3 Å². The molecule has 1 fully saturated rings. The number of aryl methyl sites for hydroxylation is 2. The van der Waals surface area contributed by atoms with Gasteiger partial charge in [0.25, 0.3) is 0 Å². The lowest BCUT2D eigenvalue weighted by Gasteiger charge is -2.31. The van der Waals surface area contributed by atoms with Crippen molar-refractivity contribution >= 4 is 29.1 Å². The molecule has 6 nitrogen and oxygen atoms in total. The Hall–Kier alpha value is -2.41. The van der Waals surface area contributed by atoms with E-state index >= 15 is 0 Å². The van der Waals surface area contributed by atoms with Crippen molar-refractivity contribution in [3.05, 3.63) is 69.0 Å². The van der Waals surface area contributed by atoms with Gasteiger partial charge in [0.15, 0.2) is 0 Å². The molecule has 2 unspecified atom stereocenters. The van der Waals surface area contributed by atoms with Gasteiger partial charge in [-0.2, -0.15) is 4.98 Å². The molecule has 1 aromatic heterocycles. The second-order valence-electron chi connectivity index (χ2n) is 8.78. The Morgan fingerprint density at radius 3 is 2.79 bits per heavy atom. The van der Waals surface area contributed by atoms with E-state index in [1.165, 1.54) is 11.1 Å². The van der Waals surface area contributed by atoms with Crippen LogP contribution in [0.25, 0.3) is 11.4 Å². The van der Waals surface area contributed by atoms with Crippen molar-refractivity contribution in [2.45, 2.75) is 46.2 Å². The number of nitrogens with one attached hydrogen (secondary N) is 1. The molecule has 0 aliphatic carbocycles. The molecule has 174 valence electrons. The summed E-state index contributed by atoms with van der Waals surface area (Å²) in [4.78, 5) is 19.7. The minimum Gasteiger partial charge on any atom is -0.349 e. The van der Waals surface area contributed by atoms with Crippen LogP contribution in [0.4, 0.5) is 0 Å². The number of hydrogen-bond acceptors (Lipinski definition) is 5. The highest BCUT2D eigenvalue weighted by molar-refractivity contribution is 6.36. The van der Waals surface area contributed by atoms with E-state index in [0.717, 1.165) is 24.9 Å². The molecule has 0 radical (unpaired) electrons. The molecule has 8 heteroatoms. The number of carbonyl (C=O) groups excluding carboxylic acids is 1. The lowest BCUT2D eigenvalue weighted by molar-refractivity contribution is -0.127. The number of hydrogen-bond donors (Lipinski definition) is 1. The molecule has 0 spiro atoms. The molecular weight excluding hydrogens is 459 g/mol. The Labute approximate surface area is 204 Å². The summed E-state index contributed by atoms with van der Waals surface area (Å²) < 4.78 is 5.45. The average Bonchev–Trinajstić information content (AvgIpc) is 3.23. The quantitative estimate of drug-likeness (QED) is 0.480. The number of amides is 1. The van der Waals surface area contributed by atoms with Crippen molar-refractivity contribution in [3.63, 3.8) is 0 Å². The van der Waals surface area contributed by atoms with Crippen LogP contribution in [0.2, 0.25) is 10.0 Å². The van der Waals surface area contributed by atoms with Crippen LogP contribution >= 0.6 is 23.2 Å². The zero-order valence-corrected chi connectivity index (χ0v) is 20.6. The first-order valence-corrected chi connectivity index (χ1v) is 11.9. The SMILES string of the molecule is Cc1ccc(C(C)NC(=O)C2CCCN(Cc3nc(-c4ccc(Cl)cc4Cl)no3)C2)cc1C. The van der Waals surface area contributed by atoms with E-state index in [2.05, 4.69) is 52.4 Å². The molecular formula is C25H28Cl2N4O2. The first-order chi connectivity index (χ1) is 15.8. The van der Waals surface area contributed by atoms with Gasteiger partial charge >= 0.3 is 0 Å². The summed E-state index contributed by atoms with van der Waals surface area (Å²) in [7, 11) is 0. The molecule has 1 saturated heterocycles. The average molecular weight is 487 g/mol. The van der Waals surface area contributed by atoms with Gasteiger partial charge in [-0.1, -0.05) is 46.6 Å². The highest BCUT2D eigenvalue weighted by atomic mass is 35.5. The van der Waals surface area contributed by atoms with Gasteiger partial charge in [-0.15, -0.1) is 0 Å². The third kappa shape index (κ3) is 5.75. The summed E-state index contributed by atoms with van der Waals surface area (Å²) in [5.74, 6) is 0.950. The van der Waals surface area contributed by atoms with Crippen LogP contribution in [0.15, 0.2) is 40.9 Å². The van der Waals surface area contributed by atoms with Crippen molar-refractivity contribution in [2.24, 2.45) is 5.92 Å². The number of carbonyl (C=O) groups is 1. The number of aromatic nitrogens is 2. The Kier molecular flexibility index (Phi) is 7.37. The van der Waals surface area contributed by atoms with Gasteiger partial charge in [0.1, 0.15) is 0 Å². The highest BCUT2D eigenvalue weighted by Gasteiger charge is 2.28. The molecule has 1 N–H and O–H groups in total. The Balaban J connectivity index is 1.36. The third-order valence-electron chi connectivity index (χ3n) is 6.27. The molecule has 2 heterocycles. The molecule has 1 amide bonds. The largest absolute Gasteiger partial charge is 0.349 e. The molecule has 1 aliphatic rings. The lowest BCUT2D eigenvalue weighted by Crippen LogP contribution is -2.43. The number of halogens is 2. The zero-order chi connectivity index (χ0) is 23.5. The minimum absolute atomic E-state index is 0.0326. The summed E-state index contributed by atoms with van der Waals surface area (Å²) in [5, 5.41) is 8.28. The van der Waals surface area contributed by atoms with Crippen molar-refractivity contribution in [3.8, 4) is 11.4 Å². The Morgan fingerprint density at radius 2 is 2.03 bits per heavy atom. The maximum atomic E-state index is 13.0. The highest BCUT2D eigenvalue weighted by Crippen LogP contribution is 2.29. The van der Waals surface area contributed by atoms with Crippen LogP contribution in [-0.4, -0.2) is 34.0 Å². The monoisotopic (exact) mass is 486 g/mol. The standard InChI is InChI=1S/C25H28Cl2N4O2/c1-15-6-7-18(11-16(15)2)17(3)28-25(32)19-5-4-10-31(13-19)14-23-29-24(30-33-23)21-9-8-20(26)12-22(21)27/h6-9,11-12,17,19H,4-5,10,13-14H2,1-3H3,(H,28,32). The zero-order valence-electron chi connectivity index (χ0n) is 19.1. The van der Waals surface area contributed by atoms with E-state index in [9.17, 15) is 4.79 Å². The lowest BCUT2D eigenvalue weighted by atomic mass is 9.96. The molecule has 33 heavy (non-hydrogen) atoms. The number of likely N-dealkylation sites (tertiary alicyclic amines) is 1. The fourth-order valence-electron chi connectivity index (χ4n) is 4.15. The first kappa shape index (κ1) is 23.7. The number of benzene rings is 2. The summed E-state index contributed by atoms with van der Waals surface area (Å²) in [5.41, 5.74) is 4.28. The fourth-order valence-corrected chi connectivity index (χ4v) is 4.65. The number of rotatable bonds is 6. The van der Waals surface area contributed by atoms with Gasteiger partial charge in [0.2, 0.25) is 17.6 Å². The minimum atomic E-state index is -0.0687. The summed E-state index contributed by atoms with van der Waals surface area (Å²) in [6.07, 6.45) is 1.82. The maximum absolute atomic E-state index is 13.0. The fraction of sp³-hybridized carbons (Fsp3) is 0.400. The molecule has 1 aliphatic heterocycles. The Bertz CT molecular complexity index is 1150. The van der Waals surface area contributed by atoms with Gasteiger partial charge in [0.05, 0.1) is 23.5 Å². The second-order valence-corrected chi connectivity index (χ2v) is 9.63. The Morgan fingerprint density at radius 1 is 1.21 bits per heavy atom. The van der Waals surface area contributed by atoms with E-state index in [0.29, 0.717) is 40.4 Å². The van der Waals surface area contributed by atoms with Crippen LogP contribution in [0.3, 0.4) is 0 Å². The summed E-state index contributed by atoms with van der Waals surface area (Å²) in [6, 6.07) is 11.5. The van der Waals surface area contributed by atoms with E-state index in [4.69, 9.17) is 27.7 Å². The molecule has 0 bridgehead atoms. The van der Waals surface area contributed by atoms with Crippen LogP contribution in [0.1, 0.15) is 48.4 Å². The van der Waals surface area contributed by atoms with E-state index in [-0.39, 0.29) is 17.9 Å². The van der Waals surface area contributed by atoms with Gasteiger partial charge in [0, 0.05) is 17.1 Å². The molecule has 3 aromatic rings. The predicted octanol–water partition coefficient (Wildman–Crippen LogP) is 5.75. The molecule has 2 aromatic carbocycles. The first-order valence-electron chi connectivity index (χ1n) is 11.2. The number of piperidine rings is 1. The van der Waals surface area contributed by atoms with E-state index in [1.54, 1.807) is 18.2 Å². The maximum Gasteiger partial charge on any atom is 0.241 e. The molecule has 0 saturated carbocycles. The van der Waals surface area contributed by atoms with Gasteiger partial charge in [-0.05, 0) is 75.0 Å². The number of nitrogens with zero attached hydrogens (tertiary/aromatic N) is 3. The molecule has 4 rings (SSSR count). The van der Waals surface area contributed by atoms with Crippen molar-refractivity contribution in [1.82, 2.24) is 20.4 Å². The van der Waals surface area contributed by atoms with Gasteiger partial charge < -0.3 is 9.84 Å². The van der Waals surface area contributed by atoms with Gasteiger partial charge in [-0.25, -0.2) is 0 Å². The summed E-state index contributed by atoms with van der Waals surface area (Å²) >= 11 is 12.2. The van der Waals surface area contributed by atoms with Crippen LogP contribution in [0.5, 0.6) is 0 Å².